The van der Waals surface area contributed by atoms with Gasteiger partial charge in [0, 0.05) is 7.11 Å². The molecular weight excluding hydrogens is 188 g/mol. The summed E-state index contributed by atoms with van der Waals surface area (Å²) in [6, 6.07) is 0. The molecule has 0 aromatic rings. The average molecular weight is 196 g/mol. The minimum atomic E-state index is -1.89. The van der Waals surface area contributed by atoms with Crippen LogP contribution in [-0.2, 0) is 14.6 Å². The molecule has 0 heterocycles. The van der Waals surface area contributed by atoms with E-state index in [-0.39, 0.29) is 13.2 Å². The fourth-order valence-corrected chi connectivity index (χ4v) is 0.333. The van der Waals surface area contributed by atoms with Gasteiger partial charge in [-0.15, -0.1) is 0 Å². The van der Waals surface area contributed by atoms with Crippen molar-refractivity contribution in [2.45, 2.75) is 0 Å². The lowest BCUT2D eigenvalue weighted by Crippen LogP contribution is -2.35. The summed E-state index contributed by atoms with van der Waals surface area (Å²) in [4.78, 5) is 27.9. The molecule has 76 valence electrons. The summed E-state index contributed by atoms with van der Waals surface area (Å²) in [7, 11) is 1.38. The number of hydrogen-bond donors (Lipinski definition) is 1. The molecule has 0 aliphatic heterocycles. The fraction of sp³-hybridized carbons (Fsp3) is 0.750. The van der Waals surface area contributed by atoms with Crippen molar-refractivity contribution in [1.29, 1.82) is 0 Å². The van der Waals surface area contributed by atoms with E-state index in [1.807, 2.05) is 0 Å². The Kier molecular flexibility index (Phi) is 5.43. The van der Waals surface area contributed by atoms with Gasteiger partial charge in [-0.3, -0.25) is 0 Å². The van der Waals surface area contributed by atoms with E-state index < -0.39 is 16.3 Å². The molecule has 1 N–H and O–H groups in total. The van der Waals surface area contributed by atoms with Crippen molar-refractivity contribution in [3.63, 3.8) is 0 Å². The van der Waals surface area contributed by atoms with Crippen LogP contribution >= 0.6 is 0 Å². The van der Waals surface area contributed by atoms with Crippen LogP contribution in [-0.4, -0.2) is 41.7 Å². The zero-order chi connectivity index (χ0) is 10.3. The Morgan fingerprint density at radius 3 is 2.62 bits per heavy atom. The van der Waals surface area contributed by atoms with E-state index in [0.717, 1.165) is 0 Å². The number of ether oxygens (including phenoxy) is 1. The van der Waals surface area contributed by atoms with Crippen molar-refractivity contribution in [3.05, 3.63) is 10.1 Å². The number of hydrazine groups is 1. The number of carboxylic acid groups (broad SMARTS) is 1. The van der Waals surface area contributed by atoms with E-state index in [1.54, 1.807) is 0 Å². The van der Waals surface area contributed by atoms with Crippen molar-refractivity contribution in [2.24, 2.45) is 0 Å². The summed E-state index contributed by atoms with van der Waals surface area (Å²) in [5.74, 6) is 0. The van der Waals surface area contributed by atoms with Gasteiger partial charge >= 0.3 is 6.09 Å². The molecule has 0 saturated heterocycles. The monoisotopic (exact) mass is 196 g/mol. The summed E-state index contributed by atoms with van der Waals surface area (Å²) in [5, 5.41) is 16.2. The zero-order valence-electron chi connectivity index (χ0n) is 6.71. The number of rotatable bonds is 6. The summed E-state index contributed by atoms with van der Waals surface area (Å²) in [6.07, 6.45) is -1.89. The predicted octanol–water partition coefficient (Wildman–Crippen LogP) is -0.332. The smallest absolute Gasteiger partial charge is 0.459 e. The average Bonchev–Trinajstić information content (AvgIpc) is 2.02. The molecule has 0 fully saturated rings. The van der Waals surface area contributed by atoms with Crippen LogP contribution in [0.15, 0.2) is 0 Å². The van der Waals surface area contributed by atoms with Gasteiger partial charge in [-0.05, 0) is 4.99 Å². The van der Waals surface area contributed by atoms with E-state index in [2.05, 4.69) is 14.6 Å². The third-order valence-electron chi connectivity index (χ3n) is 0.806. The van der Waals surface area contributed by atoms with Crippen LogP contribution < -0.4 is 0 Å². The summed E-state index contributed by atoms with van der Waals surface area (Å²) < 4.78 is 4.50. The highest BCUT2D eigenvalue weighted by Crippen LogP contribution is 1.92. The van der Waals surface area contributed by atoms with E-state index in [1.165, 1.54) is 7.11 Å². The van der Waals surface area contributed by atoms with E-state index in [4.69, 9.17) is 5.11 Å². The Hall–Kier alpha value is -1.45. The molecule has 1 amide bonds. The van der Waals surface area contributed by atoms with Crippen LogP contribution in [0.3, 0.4) is 0 Å². The fourth-order valence-electron chi connectivity index (χ4n) is 0.333. The molecule has 0 rings (SSSR count). The number of hydrogen-bond acceptors (Lipinski definition) is 6. The first-order chi connectivity index (χ1) is 6.09. The van der Waals surface area contributed by atoms with Gasteiger partial charge in [0.1, 0.15) is 6.61 Å². The lowest BCUT2D eigenvalue weighted by molar-refractivity contribution is -0.754. The topological polar surface area (TPSA) is 111 Å². The molecule has 0 atom stereocenters. The van der Waals surface area contributed by atoms with Gasteiger partial charge in [0.25, 0.3) is 0 Å². The maximum absolute atomic E-state index is 10.1. The van der Waals surface area contributed by atoms with Gasteiger partial charge in [-0.25, -0.2) is 19.8 Å². The molecule has 9 nitrogen and oxygen atoms in total. The van der Waals surface area contributed by atoms with Crippen molar-refractivity contribution in [3.8, 4) is 0 Å². The molecule has 0 saturated carbocycles. The van der Waals surface area contributed by atoms with Crippen LogP contribution in [0.5, 0.6) is 0 Å². The SMILES string of the molecule is COCCOON(C(=O)O)[N+](=O)[O-]. The zero-order valence-corrected chi connectivity index (χ0v) is 6.71. The van der Waals surface area contributed by atoms with Crippen LogP contribution in [0.4, 0.5) is 4.79 Å². The molecule has 0 bridgehead atoms. The predicted molar refractivity (Wildman–Crippen MR) is 35.8 cm³/mol. The molecule has 13 heavy (non-hydrogen) atoms. The molecule has 0 unspecified atom stereocenters. The van der Waals surface area contributed by atoms with Gasteiger partial charge in [0.2, 0.25) is 5.03 Å². The second-order valence-electron chi connectivity index (χ2n) is 1.68. The molecule has 9 heteroatoms. The Morgan fingerprint density at radius 1 is 1.62 bits per heavy atom. The van der Waals surface area contributed by atoms with Crippen molar-refractivity contribution in [1.82, 2.24) is 5.17 Å². The van der Waals surface area contributed by atoms with Crippen molar-refractivity contribution < 1.29 is 29.5 Å². The summed E-state index contributed by atoms with van der Waals surface area (Å²) in [5.41, 5.74) is 0. The van der Waals surface area contributed by atoms with Gasteiger partial charge in [0.15, 0.2) is 5.17 Å². The molecular formula is C4H8N2O7. The van der Waals surface area contributed by atoms with Gasteiger partial charge in [0.05, 0.1) is 6.61 Å². The van der Waals surface area contributed by atoms with E-state index in [9.17, 15) is 14.9 Å². The summed E-state index contributed by atoms with van der Waals surface area (Å²) in [6.45, 7) is 0.0132. The first-order valence-corrected chi connectivity index (χ1v) is 3.05. The molecule has 0 radical (unpaired) electrons. The molecule has 0 aliphatic carbocycles. The van der Waals surface area contributed by atoms with Gasteiger partial charge < -0.3 is 9.84 Å². The first kappa shape index (κ1) is 11.6. The number of hydroxylamine groups is 1. The second-order valence-corrected chi connectivity index (χ2v) is 1.68. The highest BCUT2D eigenvalue weighted by Gasteiger charge is 2.26. The highest BCUT2D eigenvalue weighted by molar-refractivity contribution is 5.61. The summed E-state index contributed by atoms with van der Waals surface area (Å²) >= 11 is 0. The number of methoxy groups -OCH3 is 1. The lowest BCUT2D eigenvalue weighted by atomic mass is 10.8. The lowest BCUT2D eigenvalue weighted by Gasteiger charge is -2.05. The largest absolute Gasteiger partial charge is 0.498 e. The highest BCUT2D eigenvalue weighted by atomic mass is 17.3. The van der Waals surface area contributed by atoms with Gasteiger partial charge in [-0.1, -0.05) is 0 Å². The third-order valence-corrected chi connectivity index (χ3v) is 0.806. The van der Waals surface area contributed by atoms with Crippen LogP contribution in [0, 0.1) is 10.1 Å². The Bertz CT molecular complexity index is 169. The second kappa shape index (κ2) is 6.11. The quantitative estimate of drug-likeness (QED) is 0.268. The molecule has 0 aromatic heterocycles. The Balaban J connectivity index is 3.71. The van der Waals surface area contributed by atoms with Crippen LogP contribution in [0.2, 0.25) is 0 Å². The number of nitro groups is 1. The van der Waals surface area contributed by atoms with Crippen LogP contribution in [0.25, 0.3) is 0 Å². The maximum Gasteiger partial charge on any atom is 0.498 e. The molecule has 0 aromatic carbocycles. The number of nitrogens with zero attached hydrogens (tertiary/aromatic N) is 2. The van der Waals surface area contributed by atoms with E-state index in [0.29, 0.717) is 0 Å². The first-order valence-electron chi connectivity index (χ1n) is 3.05. The molecule has 0 spiro atoms. The van der Waals surface area contributed by atoms with Crippen molar-refractivity contribution >= 4 is 6.09 Å². The number of carbonyl (C=O) groups is 1. The number of amides is 1. The Labute approximate surface area is 72.4 Å². The Morgan fingerprint density at radius 2 is 2.23 bits per heavy atom. The minimum Gasteiger partial charge on any atom is -0.459 e. The third kappa shape index (κ3) is 4.90. The van der Waals surface area contributed by atoms with Gasteiger partial charge in [-0.2, -0.15) is 0 Å². The standard InChI is InChI=1S/C4H8N2O7/c1-11-2-3-12-13-5(4(7)8)6(9)10/h2-3H2,1H3,(H,7,8). The normalized spacial score (nSPS) is 9.62. The van der Waals surface area contributed by atoms with Crippen LogP contribution in [0.1, 0.15) is 0 Å². The van der Waals surface area contributed by atoms with E-state index >= 15 is 0 Å². The minimum absolute atomic E-state index is 0.117. The molecule has 0 aliphatic rings. The van der Waals surface area contributed by atoms with Crippen molar-refractivity contribution in [2.75, 3.05) is 20.3 Å². The maximum atomic E-state index is 10.1.